The Morgan fingerprint density at radius 1 is 1.22 bits per heavy atom. The maximum atomic E-state index is 11.5. The Kier molecular flexibility index (Phi) is 3.19. The van der Waals surface area contributed by atoms with Crippen molar-refractivity contribution in [1.29, 1.82) is 0 Å². The van der Waals surface area contributed by atoms with E-state index in [9.17, 15) is 13.5 Å². The van der Waals surface area contributed by atoms with E-state index in [0.29, 0.717) is 6.42 Å². The van der Waals surface area contributed by atoms with Gasteiger partial charge in [0.05, 0.1) is 23.2 Å². The quantitative estimate of drug-likeness (QED) is 0.820. The fourth-order valence-electron chi connectivity index (χ4n) is 3.75. The van der Waals surface area contributed by atoms with Crippen molar-refractivity contribution in [2.75, 3.05) is 18.1 Å². The predicted octanol–water partition coefficient (Wildman–Crippen LogP) is 1.13. The first-order valence-electron chi connectivity index (χ1n) is 7.02. The Morgan fingerprint density at radius 3 is 2.56 bits per heavy atom. The lowest BCUT2D eigenvalue weighted by molar-refractivity contribution is -0.160. The van der Waals surface area contributed by atoms with Gasteiger partial charge in [0.1, 0.15) is 0 Å². The van der Waals surface area contributed by atoms with E-state index in [2.05, 4.69) is 0 Å². The van der Waals surface area contributed by atoms with E-state index in [1.54, 1.807) is 0 Å². The average Bonchev–Trinajstić information content (AvgIpc) is 2.67. The van der Waals surface area contributed by atoms with Crippen LogP contribution in [-0.2, 0) is 14.6 Å². The maximum absolute atomic E-state index is 11.5. The van der Waals surface area contributed by atoms with Gasteiger partial charge in [0.25, 0.3) is 0 Å². The molecule has 3 fully saturated rings. The van der Waals surface area contributed by atoms with Crippen molar-refractivity contribution in [3.63, 3.8) is 0 Å². The van der Waals surface area contributed by atoms with Crippen molar-refractivity contribution in [1.82, 2.24) is 0 Å². The van der Waals surface area contributed by atoms with Gasteiger partial charge in [-0.2, -0.15) is 0 Å². The molecular weight excluding hydrogens is 252 g/mol. The lowest BCUT2D eigenvalue weighted by atomic mass is 9.69. The van der Waals surface area contributed by atoms with E-state index in [1.165, 1.54) is 6.42 Å². The molecule has 3 atom stereocenters. The lowest BCUT2D eigenvalue weighted by Gasteiger charge is -2.48. The first-order chi connectivity index (χ1) is 8.50. The number of ether oxygens (including phenoxy) is 1. The van der Waals surface area contributed by atoms with E-state index in [4.69, 9.17) is 4.74 Å². The summed E-state index contributed by atoms with van der Waals surface area (Å²) in [5, 5.41) is 10.4. The van der Waals surface area contributed by atoms with E-state index in [-0.39, 0.29) is 28.9 Å². The van der Waals surface area contributed by atoms with Gasteiger partial charge in [0, 0.05) is 6.61 Å². The largest absolute Gasteiger partial charge is 0.393 e. The van der Waals surface area contributed by atoms with Crippen LogP contribution in [0.5, 0.6) is 0 Å². The molecule has 1 aliphatic carbocycles. The van der Waals surface area contributed by atoms with Crippen molar-refractivity contribution >= 4 is 9.84 Å². The molecule has 0 radical (unpaired) electrons. The molecule has 1 saturated carbocycles. The number of sulfone groups is 1. The highest BCUT2D eigenvalue weighted by atomic mass is 32.2. The molecule has 3 unspecified atom stereocenters. The second kappa shape index (κ2) is 4.46. The van der Waals surface area contributed by atoms with Crippen LogP contribution >= 0.6 is 0 Å². The van der Waals surface area contributed by atoms with Crippen LogP contribution in [0.15, 0.2) is 0 Å². The Bertz CT molecular complexity index is 413. The van der Waals surface area contributed by atoms with Crippen LogP contribution in [-0.4, -0.2) is 43.3 Å². The molecule has 3 aliphatic rings. The molecule has 2 aliphatic heterocycles. The van der Waals surface area contributed by atoms with Gasteiger partial charge in [-0.25, -0.2) is 8.42 Å². The molecule has 5 heteroatoms. The number of rotatable bonds is 2. The number of hydrogen-bond donors (Lipinski definition) is 1. The number of aliphatic hydroxyl groups is 1. The summed E-state index contributed by atoms with van der Waals surface area (Å²) in [5.41, 5.74) is 0.0291. The first kappa shape index (κ1) is 12.9. The zero-order valence-electron chi connectivity index (χ0n) is 10.7. The summed E-state index contributed by atoms with van der Waals surface area (Å²) in [7, 11) is -2.89. The Balaban J connectivity index is 1.64. The van der Waals surface area contributed by atoms with Gasteiger partial charge in [0.15, 0.2) is 9.84 Å². The highest BCUT2D eigenvalue weighted by Crippen LogP contribution is 2.46. The third-order valence-electron chi connectivity index (χ3n) is 5.03. The van der Waals surface area contributed by atoms with E-state index >= 15 is 0 Å². The molecule has 18 heavy (non-hydrogen) atoms. The van der Waals surface area contributed by atoms with Gasteiger partial charge in [-0.1, -0.05) is 0 Å². The van der Waals surface area contributed by atoms with Crippen LogP contribution in [0.4, 0.5) is 0 Å². The molecular formula is C13H22O4S. The van der Waals surface area contributed by atoms with Crippen LogP contribution < -0.4 is 0 Å². The standard InChI is InChI=1S/C13H22O4S/c14-12(11-3-7-18(15,16)9-11)10-2-6-17-13(8-10)4-1-5-13/h10-12,14H,1-9H2. The van der Waals surface area contributed by atoms with Crippen molar-refractivity contribution in [3.05, 3.63) is 0 Å². The normalized spacial score (nSPS) is 39.4. The highest BCUT2D eigenvalue weighted by Gasteiger charge is 2.46. The highest BCUT2D eigenvalue weighted by molar-refractivity contribution is 7.91. The predicted molar refractivity (Wildman–Crippen MR) is 68.0 cm³/mol. The summed E-state index contributed by atoms with van der Waals surface area (Å²) in [4.78, 5) is 0. The molecule has 3 rings (SSSR count). The molecule has 4 nitrogen and oxygen atoms in total. The molecule has 1 N–H and O–H groups in total. The smallest absolute Gasteiger partial charge is 0.150 e. The van der Waals surface area contributed by atoms with Crippen LogP contribution in [0.1, 0.15) is 38.5 Å². The summed E-state index contributed by atoms with van der Waals surface area (Å²) in [6.45, 7) is 0.723. The lowest BCUT2D eigenvalue weighted by Crippen LogP contribution is -2.48. The summed E-state index contributed by atoms with van der Waals surface area (Å²) in [6, 6.07) is 0. The third-order valence-corrected chi connectivity index (χ3v) is 6.82. The summed E-state index contributed by atoms with van der Waals surface area (Å²) >= 11 is 0. The van der Waals surface area contributed by atoms with Gasteiger partial charge in [0.2, 0.25) is 0 Å². The monoisotopic (exact) mass is 274 g/mol. The fourth-order valence-corrected chi connectivity index (χ4v) is 5.60. The van der Waals surface area contributed by atoms with Gasteiger partial charge in [-0.3, -0.25) is 0 Å². The molecule has 0 aromatic rings. The average molecular weight is 274 g/mol. The molecule has 0 aromatic heterocycles. The molecule has 2 heterocycles. The number of aliphatic hydroxyl groups excluding tert-OH is 1. The minimum atomic E-state index is -2.89. The summed E-state index contributed by atoms with van der Waals surface area (Å²) in [6.07, 6.45) is 5.42. The van der Waals surface area contributed by atoms with Crippen LogP contribution in [0, 0.1) is 11.8 Å². The Hall–Kier alpha value is -0.130. The molecule has 1 spiro atoms. The van der Waals surface area contributed by atoms with Gasteiger partial charge in [-0.15, -0.1) is 0 Å². The molecule has 104 valence electrons. The second-order valence-corrected chi connectivity index (χ2v) is 8.52. The van der Waals surface area contributed by atoms with Crippen molar-refractivity contribution in [2.24, 2.45) is 11.8 Å². The van der Waals surface area contributed by atoms with E-state index in [1.807, 2.05) is 0 Å². The maximum Gasteiger partial charge on any atom is 0.150 e. The van der Waals surface area contributed by atoms with E-state index < -0.39 is 15.9 Å². The third kappa shape index (κ3) is 2.32. The minimum absolute atomic E-state index is 0.0291. The Morgan fingerprint density at radius 2 is 2.00 bits per heavy atom. The minimum Gasteiger partial charge on any atom is -0.393 e. The van der Waals surface area contributed by atoms with Gasteiger partial charge in [-0.05, 0) is 50.4 Å². The number of hydrogen-bond acceptors (Lipinski definition) is 4. The molecule has 2 saturated heterocycles. The first-order valence-corrected chi connectivity index (χ1v) is 8.84. The van der Waals surface area contributed by atoms with E-state index in [0.717, 1.165) is 32.3 Å². The van der Waals surface area contributed by atoms with Crippen LogP contribution in [0.25, 0.3) is 0 Å². The van der Waals surface area contributed by atoms with Crippen molar-refractivity contribution in [3.8, 4) is 0 Å². The second-order valence-electron chi connectivity index (χ2n) is 6.29. The van der Waals surface area contributed by atoms with Crippen LogP contribution in [0.3, 0.4) is 0 Å². The van der Waals surface area contributed by atoms with Crippen LogP contribution in [0.2, 0.25) is 0 Å². The topological polar surface area (TPSA) is 63.6 Å². The molecule has 0 aromatic carbocycles. The molecule has 0 bridgehead atoms. The zero-order chi connectivity index (χ0) is 12.8. The SMILES string of the molecule is O=S1(=O)CCC(C(O)C2CCOC3(CCC3)C2)C1. The van der Waals surface area contributed by atoms with Crippen molar-refractivity contribution < 1.29 is 18.3 Å². The van der Waals surface area contributed by atoms with Gasteiger partial charge < -0.3 is 9.84 Å². The molecule has 0 amide bonds. The summed E-state index contributed by atoms with van der Waals surface area (Å²) < 4.78 is 28.8. The van der Waals surface area contributed by atoms with Crippen molar-refractivity contribution in [2.45, 2.75) is 50.2 Å². The summed E-state index contributed by atoms with van der Waals surface area (Å²) in [5.74, 6) is 0.620. The van der Waals surface area contributed by atoms with Gasteiger partial charge >= 0.3 is 0 Å². The Labute approximate surface area is 109 Å². The fraction of sp³-hybridized carbons (Fsp3) is 1.00. The zero-order valence-corrected chi connectivity index (χ0v) is 11.5.